The Balaban J connectivity index is 2.02. The van der Waals surface area contributed by atoms with E-state index in [0.717, 1.165) is 49.7 Å². The van der Waals surface area contributed by atoms with Crippen LogP contribution in [-0.2, 0) is 0 Å². The number of hydrogen-bond donors (Lipinski definition) is 5. The highest BCUT2D eigenvalue weighted by Gasteiger charge is 2.22. The maximum atomic E-state index is 6.02. The summed E-state index contributed by atoms with van der Waals surface area (Å²) in [6, 6.07) is 0. The molecule has 0 atom stereocenters. The van der Waals surface area contributed by atoms with Gasteiger partial charge in [0.1, 0.15) is 0 Å². The van der Waals surface area contributed by atoms with Gasteiger partial charge in [-0.3, -0.25) is 4.90 Å². The van der Waals surface area contributed by atoms with Crippen LogP contribution in [0, 0.1) is 0 Å². The van der Waals surface area contributed by atoms with Gasteiger partial charge in [-0.05, 0) is 42.7 Å². The van der Waals surface area contributed by atoms with Crippen molar-refractivity contribution in [2.24, 2.45) is 28.1 Å². The predicted octanol–water partition coefficient (Wildman–Crippen LogP) is -0.810. The lowest BCUT2D eigenvalue weighted by Crippen LogP contribution is -2.47. The summed E-state index contributed by atoms with van der Waals surface area (Å²) in [4.78, 5) is 4.58. The Morgan fingerprint density at radius 2 is 1.92 bits per heavy atom. The zero-order valence-corrected chi connectivity index (χ0v) is 14.2. The van der Waals surface area contributed by atoms with Crippen molar-refractivity contribution >= 4 is 5.84 Å². The van der Waals surface area contributed by atoms with Crippen molar-refractivity contribution in [1.82, 2.24) is 15.3 Å². The summed E-state index contributed by atoms with van der Waals surface area (Å²) in [5, 5.41) is 3.89. The van der Waals surface area contributed by atoms with E-state index in [1.54, 1.807) is 6.08 Å². The van der Waals surface area contributed by atoms with E-state index in [9.17, 15) is 0 Å². The quantitative estimate of drug-likeness (QED) is 0.106. The van der Waals surface area contributed by atoms with E-state index < -0.39 is 0 Å². The van der Waals surface area contributed by atoms with Crippen molar-refractivity contribution in [3.05, 3.63) is 65.4 Å². The largest absolute Gasteiger partial charge is 0.405 e. The van der Waals surface area contributed by atoms with Crippen LogP contribution >= 0.6 is 0 Å². The van der Waals surface area contributed by atoms with E-state index in [-0.39, 0.29) is 0 Å². The number of nitrogens with zero attached hydrogens (tertiary/aromatic N) is 3. The highest BCUT2D eigenvalue weighted by atomic mass is 15.5. The van der Waals surface area contributed by atoms with Gasteiger partial charge in [0.05, 0.1) is 0 Å². The molecule has 0 unspecified atom stereocenters. The number of piperazine rings is 1. The van der Waals surface area contributed by atoms with Crippen LogP contribution in [0.1, 0.15) is 0 Å². The number of hydrazone groups is 1. The number of allylic oxidation sites excluding steroid dienone is 5. The van der Waals surface area contributed by atoms with E-state index in [4.69, 9.17) is 23.0 Å². The summed E-state index contributed by atoms with van der Waals surface area (Å²) in [6.07, 6.45) is 12.6. The molecule has 0 aromatic rings. The monoisotopic (exact) mass is 342 g/mol. The first-order chi connectivity index (χ1) is 12.2. The third-order valence-corrected chi connectivity index (χ3v) is 3.96. The molecule has 0 aromatic heterocycles. The van der Waals surface area contributed by atoms with Crippen molar-refractivity contribution in [3.63, 3.8) is 0 Å². The molecule has 0 spiro atoms. The van der Waals surface area contributed by atoms with E-state index in [1.165, 1.54) is 6.20 Å². The van der Waals surface area contributed by atoms with Crippen LogP contribution in [0.5, 0.6) is 0 Å². The molecule has 1 aliphatic heterocycles. The van der Waals surface area contributed by atoms with Gasteiger partial charge in [-0.2, -0.15) is 0 Å². The molecule has 1 aliphatic carbocycles. The molecule has 134 valence electrons. The summed E-state index contributed by atoms with van der Waals surface area (Å²) in [5.41, 5.74) is 25.3. The molecule has 0 bridgehead atoms. The van der Waals surface area contributed by atoms with Crippen molar-refractivity contribution in [2.75, 3.05) is 32.7 Å². The molecule has 0 aromatic carbocycles. The number of nitrogens with one attached hydrogen (secondary N) is 1. The molecule has 25 heavy (non-hydrogen) atoms. The maximum Gasteiger partial charge on any atom is 0.154 e. The maximum absolute atomic E-state index is 6.02. The zero-order valence-electron chi connectivity index (χ0n) is 14.2. The Labute approximate surface area is 148 Å². The molecule has 9 N–H and O–H groups in total. The van der Waals surface area contributed by atoms with Crippen LogP contribution in [-0.4, -0.2) is 48.4 Å². The first-order valence-electron chi connectivity index (χ1n) is 8.08. The molecule has 0 radical (unpaired) electrons. The normalized spacial score (nSPS) is 19.8. The van der Waals surface area contributed by atoms with Crippen molar-refractivity contribution in [3.8, 4) is 0 Å². The first kappa shape index (κ1) is 18.4. The Bertz CT molecular complexity index is 669. The zero-order chi connectivity index (χ0) is 18.1. The summed E-state index contributed by atoms with van der Waals surface area (Å²) >= 11 is 0. The van der Waals surface area contributed by atoms with E-state index in [0.29, 0.717) is 5.84 Å². The Hall–Kier alpha value is -2.93. The second kappa shape index (κ2) is 9.39. The summed E-state index contributed by atoms with van der Waals surface area (Å²) in [7, 11) is 0. The fourth-order valence-corrected chi connectivity index (χ4v) is 2.75. The second-order valence-corrected chi connectivity index (χ2v) is 5.65. The van der Waals surface area contributed by atoms with Gasteiger partial charge in [0, 0.05) is 49.7 Å². The summed E-state index contributed by atoms with van der Waals surface area (Å²) < 4.78 is 0. The fourth-order valence-electron chi connectivity index (χ4n) is 2.75. The molecule has 1 saturated heterocycles. The van der Waals surface area contributed by atoms with E-state index in [2.05, 4.69) is 26.2 Å². The number of hydrogen-bond acceptors (Lipinski definition) is 7. The number of amidine groups is 1. The minimum absolute atomic E-state index is 0.338. The molecule has 0 amide bonds. The van der Waals surface area contributed by atoms with Gasteiger partial charge in [-0.15, -0.1) is 10.8 Å². The lowest BCUT2D eigenvalue weighted by molar-refractivity contribution is 0.171. The highest BCUT2D eigenvalue weighted by Crippen LogP contribution is 2.20. The van der Waals surface area contributed by atoms with Crippen LogP contribution in [0.15, 0.2) is 70.5 Å². The van der Waals surface area contributed by atoms with Crippen LogP contribution in [0.3, 0.4) is 0 Å². The molecular formula is C17H26N8. The molecular weight excluding hydrogens is 316 g/mol. The summed E-state index contributed by atoms with van der Waals surface area (Å²) in [5.74, 6) is 5.59. The number of nitrogens with two attached hydrogens (primary N) is 4. The molecule has 1 fully saturated rings. The lowest BCUT2D eigenvalue weighted by atomic mass is 10.1. The molecule has 8 heteroatoms. The van der Waals surface area contributed by atoms with Gasteiger partial charge in [0.15, 0.2) is 5.84 Å². The minimum atomic E-state index is 0.338. The molecule has 2 rings (SSSR count). The Morgan fingerprint density at radius 1 is 1.20 bits per heavy atom. The topological polar surface area (TPSA) is 135 Å². The summed E-state index contributed by atoms with van der Waals surface area (Å²) in [6.45, 7) is 4.24. The highest BCUT2D eigenvalue weighted by molar-refractivity contribution is 6.01. The van der Waals surface area contributed by atoms with Crippen LogP contribution in [0.25, 0.3) is 0 Å². The van der Waals surface area contributed by atoms with E-state index >= 15 is 0 Å². The van der Waals surface area contributed by atoms with Gasteiger partial charge in [-0.25, -0.2) is 11.4 Å². The number of rotatable bonds is 6. The third-order valence-electron chi connectivity index (χ3n) is 3.96. The lowest BCUT2D eigenvalue weighted by Gasteiger charge is -2.37. The smallest absolute Gasteiger partial charge is 0.154 e. The SMILES string of the molecule is N/C=C\C=C(/N)CN1CCN(C2=CC=C=CC=C2/C(N)=N/NN)CC1. The minimum Gasteiger partial charge on any atom is -0.405 e. The molecule has 2 aliphatic rings. The average Bonchev–Trinajstić information content (AvgIpc) is 2.87. The fraction of sp³-hybridized carbons (Fsp3) is 0.294. The average molecular weight is 342 g/mol. The molecule has 0 saturated carbocycles. The van der Waals surface area contributed by atoms with Crippen molar-refractivity contribution < 1.29 is 0 Å². The van der Waals surface area contributed by atoms with E-state index in [1.807, 2.05) is 30.4 Å². The van der Waals surface area contributed by atoms with Crippen molar-refractivity contribution in [1.29, 1.82) is 0 Å². The van der Waals surface area contributed by atoms with Gasteiger partial charge in [-0.1, -0.05) is 0 Å². The van der Waals surface area contributed by atoms with Gasteiger partial charge >= 0.3 is 0 Å². The third kappa shape index (κ3) is 5.29. The standard InChI is InChI=1S/C17H26N8/c18-8-4-5-14(19)13-24-9-11-25(12-10-24)16-7-3-1-2-6-15(16)17(20)22-23-21/h2-8,23H,9-13,18-19,21H2,(H2,20,22)/b8-4-,14-5-. The van der Waals surface area contributed by atoms with Crippen LogP contribution in [0.4, 0.5) is 0 Å². The van der Waals surface area contributed by atoms with Crippen LogP contribution in [0.2, 0.25) is 0 Å². The first-order valence-corrected chi connectivity index (χ1v) is 8.08. The van der Waals surface area contributed by atoms with Crippen molar-refractivity contribution in [2.45, 2.75) is 0 Å². The van der Waals surface area contributed by atoms with Gasteiger partial charge in [0.2, 0.25) is 0 Å². The second-order valence-electron chi connectivity index (χ2n) is 5.65. The molecule has 8 nitrogen and oxygen atoms in total. The van der Waals surface area contributed by atoms with Gasteiger partial charge in [0.25, 0.3) is 0 Å². The predicted molar refractivity (Wildman–Crippen MR) is 101 cm³/mol. The number of hydrazine groups is 1. The molecule has 1 heterocycles. The van der Waals surface area contributed by atoms with Crippen LogP contribution < -0.4 is 28.6 Å². The Kier molecular flexibility index (Phi) is 6.91. The van der Waals surface area contributed by atoms with Gasteiger partial charge < -0.3 is 22.1 Å². The Morgan fingerprint density at radius 3 is 2.60 bits per heavy atom.